The van der Waals surface area contributed by atoms with Crippen molar-refractivity contribution >= 4 is 21.8 Å². The molecule has 0 fully saturated rings. The van der Waals surface area contributed by atoms with Gasteiger partial charge in [-0.05, 0) is 19.2 Å². The van der Waals surface area contributed by atoms with Crippen molar-refractivity contribution in [3.63, 3.8) is 0 Å². The van der Waals surface area contributed by atoms with Crippen molar-refractivity contribution in [3.8, 4) is 0 Å². The summed E-state index contributed by atoms with van der Waals surface area (Å²) >= 11 is 0. The molecule has 0 spiro atoms. The molecule has 1 rings (SSSR count). The number of hydrogen-bond donors (Lipinski definition) is 3. The highest BCUT2D eigenvalue weighted by Gasteiger charge is 2.20. The molecule has 8 heteroatoms. The van der Waals surface area contributed by atoms with E-state index in [1.807, 2.05) is 0 Å². The summed E-state index contributed by atoms with van der Waals surface area (Å²) in [6.07, 6.45) is 0. The first-order chi connectivity index (χ1) is 8.38. The van der Waals surface area contributed by atoms with E-state index in [1.54, 1.807) is 0 Å². The predicted octanol–water partition coefficient (Wildman–Crippen LogP) is -0.624. The highest BCUT2D eigenvalue weighted by molar-refractivity contribution is 7.89. The van der Waals surface area contributed by atoms with Crippen LogP contribution in [0.25, 0.3) is 0 Å². The Labute approximate surface area is 105 Å². The molecule has 3 N–H and O–H groups in total. The summed E-state index contributed by atoms with van der Waals surface area (Å²) in [5.41, 5.74) is 4.14. The van der Waals surface area contributed by atoms with E-state index < -0.39 is 21.8 Å². The molecule has 0 radical (unpaired) electrons. The third-order valence-electron chi connectivity index (χ3n) is 2.04. The van der Waals surface area contributed by atoms with Gasteiger partial charge >= 0.3 is 0 Å². The molecule has 98 valence electrons. The van der Waals surface area contributed by atoms with Gasteiger partial charge in [-0.25, -0.2) is 13.1 Å². The number of hydrazine groups is 1. The van der Waals surface area contributed by atoms with Crippen LogP contribution in [-0.4, -0.2) is 27.3 Å². The van der Waals surface area contributed by atoms with Crippen molar-refractivity contribution in [2.24, 2.45) is 0 Å². The van der Waals surface area contributed by atoms with Crippen LogP contribution >= 0.6 is 0 Å². The molecule has 0 aliphatic rings. The fourth-order valence-corrected chi connectivity index (χ4v) is 2.14. The third kappa shape index (κ3) is 3.28. The number of rotatable bonds is 3. The normalized spacial score (nSPS) is 10.8. The van der Waals surface area contributed by atoms with Gasteiger partial charge < -0.3 is 0 Å². The summed E-state index contributed by atoms with van der Waals surface area (Å²) in [6, 6.07) is 5.67. The average molecular weight is 271 g/mol. The van der Waals surface area contributed by atoms with Crippen LogP contribution in [0.5, 0.6) is 0 Å². The van der Waals surface area contributed by atoms with Crippen molar-refractivity contribution in [1.82, 2.24) is 15.6 Å². The first-order valence-corrected chi connectivity index (χ1v) is 6.46. The fraction of sp³-hybridized carbons (Fsp3) is 0.200. The minimum atomic E-state index is -3.74. The first kappa shape index (κ1) is 14.1. The minimum absolute atomic E-state index is 0.0550. The lowest BCUT2D eigenvalue weighted by atomic mass is 10.2. The number of nitrogens with one attached hydrogen (secondary N) is 3. The van der Waals surface area contributed by atoms with Crippen LogP contribution in [0.15, 0.2) is 29.2 Å². The molecule has 18 heavy (non-hydrogen) atoms. The Morgan fingerprint density at radius 3 is 2.28 bits per heavy atom. The van der Waals surface area contributed by atoms with E-state index in [-0.39, 0.29) is 10.5 Å². The van der Waals surface area contributed by atoms with Gasteiger partial charge in [-0.1, -0.05) is 12.1 Å². The molecule has 0 aliphatic heterocycles. The summed E-state index contributed by atoms with van der Waals surface area (Å²) in [6.45, 7) is 1.22. The van der Waals surface area contributed by atoms with Gasteiger partial charge in [-0.15, -0.1) is 0 Å². The van der Waals surface area contributed by atoms with Crippen molar-refractivity contribution in [1.29, 1.82) is 0 Å². The summed E-state index contributed by atoms with van der Waals surface area (Å²) in [5.74, 6) is -1.17. The van der Waals surface area contributed by atoms with Gasteiger partial charge in [0.25, 0.3) is 5.91 Å². The number of sulfonamides is 1. The van der Waals surface area contributed by atoms with Crippen LogP contribution in [0.1, 0.15) is 17.3 Å². The summed E-state index contributed by atoms with van der Waals surface area (Å²) in [4.78, 5) is 22.2. The van der Waals surface area contributed by atoms with Gasteiger partial charge in [0.05, 0.1) is 10.5 Å². The Morgan fingerprint density at radius 1 is 1.11 bits per heavy atom. The van der Waals surface area contributed by atoms with Gasteiger partial charge in [0.2, 0.25) is 15.9 Å². The maximum absolute atomic E-state index is 11.7. The standard InChI is InChI=1S/C10H13N3O4S/c1-7(14)12-13-10(15)8-5-3-4-6-9(8)18(16,17)11-2/h3-6,11H,1-2H3,(H,12,14)(H,13,15). The highest BCUT2D eigenvalue weighted by Crippen LogP contribution is 2.14. The van der Waals surface area contributed by atoms with Crippen molar-refractivity contribution in [2.45, 2.75) is 11.8 Å². The van der Waals surface area contributed by atoms with E-state index in [0.29, 0.717) is 0 Å². The SMILES string of the molecule is CNS(=O)(=O)c1ccccc1C(=O)NNC(C)=O. The Morgan fingerprint density at radius 2 is 1.72 bits per heavy atom. The molecule has 7 nitrogen and oxygen atoms in total. The number of hydrogen-bond acceptors (Lipinski definition) is 4. The van der Waals surface area contributed by atoms with E-state index in [4.69, 9.17) is 0 Å². The number of amides is 2. The maximum atomic E-state index is 11.7. The first-order valence-electron chi connectivity index (χ1n) is 4.98. The van der Waals surface area contributed by atoms with Gasteiger partial charge in [0.15, 0.2) is 0 Å². The van der Waals surface area contributed by atoms with E-state index in [2.05, 4.69) is 15.6 Å². The highest BCUT2D eigenvalue weighted by atomic mass is 32.2. The van der Waals surface area contributed by atoms with E-state index in [1.165, 1.54) is 38.2 Å². The fourth-order valence-electron chi connectivity index (χ4n) is 1.21. The Kier molecular flexibility index (Phi) is 4.40. The number of benzene rings is 1. The van der Waals surface area contributed by atoms with E-state index in [9.17, 15) is 18.0 Å². The zero-order valence-corrected chi connectivity index (χ0v) is 10.7. The van der Waals surface area contributed by atoms with Crippen LogP contribution in [0.2, 0.25) is 0 Å². The van der Waals surface area contributed by atoms with Crippen LogP contribution in [0.3, 0.4) is 0 Å². The molecule has 0 unspecified atom stereocenters. The zero-order valence-electron chi connectivity index (χ0n) is 9.85. The van der Waals surface area contributed by atoms with Gasteiger partial charge in [-0.3, -0.25) is 20.4 Å². The van der Waals surface area contributed by atoms with E-state index >= 15 is 0 Å². The summed E-state index contributed by atoms with van der Waals surface area (Å²) < 4.78 is 25.5. The molecular formula is C10H13N3O4S. The maximum Gasteiger partial charge on any atom is 0.271 e. The van der Waals surface area contributed by atoms with E-state index in [0.717, 1.165) is 0 Å². The Bertz CT molecular complexity index is 568. The second kappa shape index (κ2) is 5.61. The van der Waals surface area contributed by atoms with Gasteiger partial charge in [-0.2, -0.15) is 0 Å². The molecule has 0 aromatic heterocycles. The van der Waals surface area contributed by atoms with Crippen molar-refractivity contribution < 1.29 is 18.0 Å². The van der Waals surface area contributed by atoms with Crippen LogP contribution in [0, 0.1) is 0 Å². The lowest BCUT2D eigenvalue weighted by Crippen LogP contribution is -2.41. The van der Waals surface area contributed by atoms with Crippen LogP contribution in [-0.2, 0) is 14.8 Å². The lowest BCUT2D eigenvalue weighted by molar-refractivity contribution is -0.119. The monoisotopic (exact) mass is 271 g/mol. The Balaban J connectivity index is 3.10. The average Bonchev–Trinajstić information content (AvgIpc) is 2.36. The zero-order chi connectivity index (χ0) is 13.8. The molecule has 0 atom stereocenters. The molecule has 1 aromatic carbocycles. The lowest BCUT2D eigenvalue weighted by Gasteiger charge is -2.09. The molecule has 0 heterocycles. The second-order valence-electron chi connectivity index (χ2n) is 3.34. The largest absolute Gasteiger partial charge is 0.274 e. The number of carbonyl (C=O) groups excluding carboxylic acids is 2. The van der Waals surface area contributed by atoms with Crippen LogP contribution in [0.4, 0.5) is 0 Å². The topological polar surface area (TPSA) is 104 Å². The molecule has 0 saturated heterocycles. The summed E-state index contributed by atoms with van der Waals surface area (Å²) in [7, 11) is -2.49. The minimum Gasteiger partial charge on any atom is -0.274 e. The Hall–Kier alpha value is -1.93. The van der Waals surface area contributed by atoms with Crippen molar-refractivity contribution in [3.05, 3.63) is 29.8 Å². The summed E-state index contributed by atoms with van der Waals surface area (Å²) in [5, 5.41) is 0. The predicted molar refractivity (Wildman–Crippen MR) is 64.0 cm³/mol. The molecule has 0 saturated carbocycles. The molecular weight excluding hydrogens is 258 g/mol. The van der Waals surface area contributed by atoms with Crippen molar-refractivity contribution in [2.75, 3.05) is 7.05 Å². The van der Waals surface area contributed by atoms with Gasteiger partial charge in [0.1, 0.15) is 0 Å². The molecule has 1 aromatic rings. The quantitative estimate of drug-likeness (QED) is 0.637. The van der Waals surface area contributed by atoms with Gasteiger partial charge in [0, 0.05) is 6.92 Å². The molecule has 0 aliphatic carbocycles. The molecule has 2 amide bonds. The second-order valence-corrected chi connectivity index (χ2v) is 5.19. The third-order valence-corrected chi connectivity index (χ3v) is 3.51. The van der Waals surface area contributed by atoms with Crippen LogP contribution < -0.4 is 15.6 Å². The number of carbonyl (C=O) groups is 2. The smallest absolute Gasteiger partial charge is 0.271 e. The molecule has 0 bridgehead atoms.